The first kappa shape index (κ1) is 11.9. The average molecular weight is 226 g/mol. The number of hydrogen-bond acceptors (Lipinski definition) is 2. The zero-order chi connectivity index (χ0) is 11.3. The van der Waals surface area contributed by atoms with E-state index < -0.39 is 16.8 Å². The first-order chi connectivity index (χ1) is 7.11. The van der Waals surface area contributed by atoms with Crippen LogP contribution >= 0.6 is 0 Å². The quantitative estimate of drug-likeness (QED) is 0.829. The Morgan fingerprint density at radius 3 is 2.27 bits per heavy atom. The fraction of sp³-hybridized carbons (Fsp3) is 0.364. The van der Waals surface area contributed by atoms with Crippen molar-refractivity contribution in [1.82, 2.24) is 0 Å². The van der Waals surface area contributed by atoms with Crippen LogP contribution in [0, 0.1) is 0 Å². The second-order valence-corrected chi connectivity index (χ2v) is 5.01. The summed E-state index contributed by atoms with van der Waals surface area (Å²) in [5, 5.41) is 8.57. The Hall–Kier alpha value is -1.16. The standard InChI is InChI=1S/C11H14O3S/c1-2-15(14)8-10-5-3-9(4-6-10)7-11(12)13/h3-6H,2,7-8H2,1H3,(H,12,13). The van der Waals surface area contributed by atoms with Gasteiger partial charge in [-0.05, 0) is 11.1 Å². The molecule has 0 saturated heterocycles. The Bertz CT molecular complexity index is 357. The van der Waals surface area contributed by atoms with Gasteiger partial charge in [0.2, 0.25) is 0 Å². The summed E-state index contributed by atoms with van der Waals surface area (Å²) in [5.41, 5.74) is 1.76. The van der Waals surface area contributed by atoms with E-state index in [-0.39, 0.29) is 6.42 Å². The molecule has 0 bridgehead atoms. The summed E-state index contributed by atoms with van der Waals surface area (Å²) >= 11 is 0. The van der Waals surface area contributed by atoms with Crippen LogP contribution in [0.1, 0.15) is 18.1 Å². The molecule has 0 aromatic heterocycles. The summed E-state index contributed by atoms with van der Waals surface area (Å²) in [7, 11) is -0.812. The van der Waals surface area contributed by atoms with Crippen LogP contribution in [0.2, 0.25) is 0 Å². The Labute approximate surface area is 91.6 Å². The summed E-state index contributed by atoms with van der Waals surface area (Å²) in [4.78, 5) is 10.4. The van der Waals surface area contributed by atoms with Crippen LogP contribution in [-0.2, 0) is 27.8 Å². The third-order valence-corrected chi connectivity index (χ3v) is 3.33. The van der Waals surface area contributed by atoms with Gasteiger partial charge in [-0.3, -0.25) is 9.00 Å². The second-order valence-electron chi connectivity index (χ2n) is 3.26. The van der Waals surface area contributed by atoms with Crippen LogP contribution in [0.25, 0.3) is 0 Å². The molecule has 3 nitrogen and oxygen atoms in total. The Balaban J connectivity index is 2.64. The van der Waals surface area contributed by atoms with E-state index in [9.17, 15) is 9.00 Å². The molecule has 4 heteroatoms. The Morgan fingerprint density at radius 2 is 1.80 bits per heavy atom. The van der Waals surface area contributed by atoms with Crippen LogP contribution in [0.15, 0.2) is 24.3 Å². The van der Waals surface area contributed by atoms with Crippen LogP contribution in [0.3, 0.4) is 0 Å². The van der Waals surface area contributed by atoms with Crippen LogP contribution in [0.4, 0.5) is 0 Å². The molecular formula is C11H14O3S. The smallest absolute Gasteiger partial charge is 0.307 e. The number of carboxylic acids is 1. The van der Waals surface area contributed by atoms with Gasteiger partial charge < -0.3 is 5.11 Å². The van der Waals surface area contributed by atoms with Crippen molar-refractivity contribution < 1.29 is 14.1 Å². The molecule has 0 saturated carbocycles. The first-order valence-electron chi connectivity index (χ1n) is 4.76. The summed E-state index contributed by atoms with van der Waals surface area (Å²) in [6.07, 6.45) is 0.0388. The highest BCUT2D eigenvalue weighted by atomic mass is 32.2. The predicted molar refractivity (Wildman–Crippen MR) is 60.2 cm³/mol. The highest BCUT2D eigenvalue weighted by molar-refractivity contribution is 7.84. The van der Waals surface area contributed by atoms with Crippen molar-refractivity contribution in [1.29, 1.82) is 0 Å². The highest BCUT2D eigenvalue weighted by Crippen LogP contribution is 2.07. The highest BCUT2D eigenvalue weighted by Gasteiger charge is 2.02. The lowest BCUT2D eigenvalue weighted by atomic mass is 10.1. The monoisotopic (exact) mass is 226 g/mol. The van der Waals surface area contributed by atoms with E-state index in [2.05, 4.69) is 0 Å². The molecule has 0 aliphatic carbocycles. The number of carbonyl (C=O) groups is 1. The molecule has 0 aliphatic rings. The molecule has 0 radical (unpaired) electrons. The maximum absolute atomic E-state index is 11.3. The van der Waals surface area contributed by atoms with Crippen LogP contribution < -0.4 is 0 Å². The van der Waals surface area contributed by atoms with Crippen molar-refractivity contribution >= 4 is 16.8 Å². The molecule has 1 atom stereocenters. The molecule has 0 fully saturated rings. The number of carboxylic acid groups (broad SMARTS) is 1. The van der Waals surface area contributed by atoms with E-state index >= 15 is 0 Å². The maximum atomic E-state index is 11.3. The normalized spacial score (nSPS) is 12.3. The maximum Gasteiger partial charge on any atom is 0.307 e. The number of aliphatic carboxylic acids is 1. The fourth-order valence-corrected chi connectivity index (χ4v) is 1.98. The van der Waals surface area contributed by atoms with Gasteiger partial charge in [-0.1, -0.05) is 31.2 Å². The lowest BCUT2D eigenvalue weighted by molar-refractivity contribution is -0.136. The van der Waals surface area contributed by atoms with Gasteiger partial charge in [-0.15, -0.1) is 0 Å². The van der Waals surface area contributed by atoms with E-state index in [1.54, 1.807) is 12.1 Å². The third-order valence-electron chi connectivity index (χ3n) is 2.03. The van der Waals surface area contributed by atoms with E-state index in [1.165, 1.54) is 0 Å². The summed E-state index contributed by atoms with van der Waals surface area (Å²) in [6.45, 7) is 1.88. The molecule has 1 rings (SSSR count). The van der Waals surface area contributed by atoms with Crippen LogP contribution in [0.5, 0.6) is 0 Å². The number of benzene rings is 1. The topological polar surface area (TPSA) is 54.4 Å². The molecule has 0 heterocycles. The van der Waals surface area contributed by atoms with Crippen molar-refractivity contribution in [3.05, 3.63) is 35.4 Å². The minimum absolute atomic E-state index is 0.0388. The van der Waals surface area contributed by atoms with Gasteiger partial charge in [-0.25, -0.2) is 0 Å². The van der Waals surface area contributed by atoms with Gasteiger partial charge >= 0.3 is 5.97 Å². The molecule has 1 aromatic carbocycles. The van der Waals surface area contributed by atoms with Gasteiger partial charge in [0.1, 0.15) is 0 Å². The number of rotatable bonds is 5. The minimum Gasteiger partial charge on any atom is -0.481 e. The van der Waals surface area contributed by atoms with Gasteiger partial charge in [0, 0.05) is 22.3 Å². The van der Waals surface area contributed by atoms with Gasteiger partial charge in [0.05, 0.1) is 6.42 Å². The largest absolute Gasteiger partial charge is 0.481 e. The van der Waals surface area contributed by atoms with Gasteiger partial charge in [0.15, 0.2) is 0 Å². The zero-order valence-electron chi connectivity index (χ0n) is 8.60. The van der Waals surface area contributed by atoms with Crippen molar-refractivity contribution in [3.8, 4) is 0 Å². The van der Waals surface area contributed by atoms with Gasteiger partial charge in [-0.2, -0.15) is 0 Å². The van der Waals surface area contributed by atoms with E-state index in [1.807, 2.05) is 19.1 Å². The molecule has 1 unspecified atom stereocenters. The van der Waals surface area contributed by atoms with Crippen molar-refractivity contribution in [2.24, 2.45) is 0 Å². The lowest BCUT2D eigenvalue weighted by Gasteiger charge is -2.01. The van der Waals surface area contributed by atoms with E-state index in [0.29, 0.717) is 11.5 Å². The second kappa shape index (κ2) is 5.66. The molecule has 0 amide bonds. The van der Waals surface area contributed by atoms with E-state index in [0.717, 1.165) is 11.1 Å². The molecular weight excluding hydrogens is 212 g/mol. The lowest BCUT2D eigenvalue weighted by Crippen LogP contribution is -2.01. The fourth-order valence-electron chi connectivity index (χ4n) is 1.22. The summed E-state index contributed by atoms with van der Waals surface area (Å²) in [5.74, 6) is 0.362. The third kappa shape index (κ3) is 4.25. The van der Waals surface area contributed by atoms with Crippen molar-refractivity contribution in [2.45, 2.75) is 19.1 Å². The molecule has 15 heavy (non-hydrogen) atoms. The molecule has 0 spiro atoms. The molecule has 1 aromatic rings. The molecule has 0 aliphatic heterocycles. The van der Waals surface area contributed by atoms with Crippen LogP contribution in [-0.4, -0.2) is 21.0 Å². The minimum atomic E-state index is -0.833. The summed E-state index contributed by atoms with van der Waals surface area (Å²) < 4.78 is 11.3. The number of hydrogen-bond donors (Lipinski definition) is 1. The first-order valence-corrected chi connectivity index (χ1v) is 6.25. The van der Waals surface area contributed by atoms with E-state index in [4.69, 9.17) is 5.11 Å². The van der Waals surface area contributed by atoms with Crippen molar-refractivity contribution in [3.63, 3.8) is 0 Å². The molecule has 1 N–H and O–H groups in total. The summed E-state index contributed by atoms with van der Waals surface area (Å²) in [6, 6.07) is 7.23. The Morgan fingerprint density at radius 1 is 1.27 bits per heavy atom. The molecule has 82 valence electrons. The van der Waals surface area contributed by atoms with Gasteiger partial charge in [0.25, 0.3) is 0 Å². The average Bonchev–Trinajstić information content (AvgIpc) is 2.20. The SMILES string of the molecule is CCS(=O)Cc1ccc(CC(=O)O)cc1. The van der Waals surface area contributed by atoms with Crippen molar-refractivity contribution in [2.75, 3.05) is 5.75 Å². The zero-order valence-corrected chi connectivity index (χ0v) is 9.42. The Kier molecular flexibility index (Phi) is 4.49. The predicted octanol–water partition coefficient (Wildman–Crippen LogP) is 1.58.